The van der Waals surface area contributed by atoms with Gasteiger partial charge in [-0.25, -0.2) is 0 Å². The van der Waals surface area contributed by atoms with E-state index >= 15 is 0 Å². The van der Waals surface area contributed by atoms with Gasteiger partial charge in [0.15, 0.2) is 0 Å². The van der Waals surface area contributed by atoms with Crippen molar-refractivity contribution >= 4 is 11.8 Å². The van der Waals surface area contributed by atoms with Crippen molar-refractivity contribution in [3.8, 4) is 0 Å². The minimum absolute atomic E-state index is 0.205. The second-order valence-corrected chi connectivity index (χ2v) is 6.47. The molecule has 1 aliphatic rings. The first-order valence-electron chi connectivity index (χ1n) is 8.73. The van der Waals surface area contributed by atoms with Gasteiger partial charge in [-0.05, 0) is 60.9 Å². The van der Waals surface area contributed by atoms with E-state index in [-0.39, 0.29) is 12.6 Å². The van der Waals surface area contributed by atoms with Gasteiger partial charge in [-0.15, -0.1) is 0 Å². The molecule has 0 saturated carbocycles. The monoisotopic (exact) mass is 337 g/mol. The lowest BCUT2D eigenvalue weighted by molar-refractivity contribution is -0.139. The second kappa shape index (κ2) is 7.92. The number of carbonyl (C=O) groups excluding carboxylic acids is 2. The maximum Gasteiger partial charge on any atom is 0.309 e. The fraction of sp³-hybridized carbons (Fsp3) is 0.350. The zero-order chi connectivity index (χ0) is 17.6. The first-order chi connectivity index (χ1) is 12.1. The third-order valence-electron chi connectivity index (χ3n) is 4.60. The largest absolute Gasteiger partial charge is 0.344 e. The predicted molar refractivity (Wildman–Crippen MR) is 95.7 cm³/mol. The van der Waals surface area contributed by atoms with Gasteiger partial charge in [0.2, 0.25) is 0 Å². The SMILES string of the molecule is CC(NC(=O)C(=O)NCc1cccnc1)c1ccc2c(c1)CCCC2. The van der Waals surface area contributed by atoms with Crippen molar-refractivity contribution in [1.82, 2.24) is 15.6 Å². The van der Waals surface area contributed by atoms with Crippen LogP contribution in [0.15, 0.2) is 42.7 Å². The van der Waals surface area contributed by atoms with Crippen molar-refractivity contribution < 1.29 is 9.59 Å². The zero-order valence-corrected chi connectivity index (χ0v) is 14.4. The van der Waals surface area contributed by atoms with E-state index in [1.807, 2.05) is 19.1 Å². The van der Waals surface area contributed by atoms with Gasteiger partial charge in [-0.2, -0.15) is 0 Å². The van der Waals surface area contributed by atoms with Gasteiger partial charge in [-0.1, -0.05) is 24.3 Å². The van der Waals surface area contributed by atoms with E-state index in [4.69, 9.17) is 0 Å². The lowest BCUT2D eigenvalue weighted by atomic mass is 9.89. The molecule has 0 radical (unpaired) electrons. The fourth-order valence-corrected chi connectivity index (χ4v) is 3.13. The van der Waals surface area contributed by atoms with E-state index < -0.39 is 11.8 Å². The van der Waals surface area contributed by atoms with Gasteiger partial charge in [0.05, 0.1) is 6.04 Å². The van der Waals surface area contributed by atoms with Crippen molar-refractivity contribution in [2.24, 2.45) is 0 Å². The molecule has 0 fully saturated rings. The first-order valence-corrected chi connectivity index (χ1v) is 8.73. The fourth-order valence-electron chi connectivity index (χ4n) is 3.13. The molecule has 2 aromatic rings. The van der Waals surface area contributed by atoms with Crippen LogP contribution in [0.4, 0.5) is 0 Å². The molecule has 3 rings (SSSR count). The number of pyridine rings is 1. The van der Waals surface area contributed by atoms with E-state index in [2.05, 4.69) is 27.8 Å². The summed E-state index contributed by atoms with van der Waals surface area (Å²) in [6, 6.07) is 9.79. The van der Waals surface area contributed by atoms with Crippen molar-refractivity contribution in [2.45, 2.75) is 45.2 Å². The number of aromatic nitrogens is 1. The average Bonchev–Trinajstić information content (AvgIpc) is 2.66. The van der Waals surface area contributed by atoms with Gasteiger partial charge in [-0.3, -0.25) is 14.6 Å². The molecular weight excluding hydrogens is 314 g/mol. The lowest BCUT2D eigenvalue weighted by Crippen LogP contribution is -2.40. The highest BCUT2D eigenvalue weighted by Crippen LogP contribution is 2.24. The lowest BCUT2D eigenvalue weighted by Gasteiger charge is -2.20. The minimum Gasteiger partial charge on any atom is -0.344 e. The number of hydrogen-bond donors (Lipinski definition) is 2. The van der Waals surface area contributed by atoms with E-state index in [9.17, 15) is 9.59 Å². The number of aryl methyl sites for hydroxylation is 2. The molecule has 1 heterocycles. The molecule has 1 aromatic carbocycles. The van der Waals surface area contributed by atoms with Crippen molar-refractivity contribution in [1.29, 1.82) is 0 Å². The Balaban J connectivity index is 1.55. The Morgan fingerprint density at radius 2 is 1.92 bits per heavy atom. The summed E-state index contributed by atoms with van der Waals surface area (Å²) in [5.41, 5.74) is 4.66. The standard InChI is InChI=1S/C20H23N3O2/c1-14(17-9-8-16-6-2-3-7-18(16)11-17)23-20(25)19(24)22-13-15-5-4-10-21-12-15/h4-5,8-12,14H,2-3,6-7,13H2,1H3,(H,22,24)(H,23,25). The summed E-state index contributed by atoms with van der Waals surface area (Å²) >= 11 is 0. The molecule has 1 aromatic heterocycles. The summed E-state index contributed by atoms with van der Waals surface area (Å²) in [6.45, 7) is 2.18. The third-order valence-corrected chi connectivity index (χ3v) is 4.60. The number of nitrogens with zero attached hydrogens (tertiary/aromatic N) is 1. The molecule has 0 bridgehead atoms. The highest BCUT2D eigenvalue weighted by Gasteiger charge is 2.18. The molecule has 1 unspecified atom stereocenters. The molecular formula is C20H23N3O2. The molecule has 25 heavy (non-hydrogen) atoms. The molecule has 0 saturated heterocycles. The van der Waals surface area contributed by atoms with Crippen LogP contribution >= 0.6 is 0 Å². The van der Waals surface area contributed by atoms with Crippen LogP contribution in [-0.2, 0) is 29.0 Å². The molecule has 2 amide bonds. The van der Waals surface area contributed by atoms with Gasteiger partial charge in [0.25, 0.3) is 0 Å². The number of fused-ring (bicyclic) bond motifs is 1. The van der Waals surface area contributed by atoms with E-state index in [1.165, 1.54) is 24.0 Å². The van der Waals surface area contributed by atoms with Crippen LogP contribution in [-0.4, -0.2) is 16.8 Å². The van der Waals surface area contributed by atoms with Crippen LogP contribution < -0.4 is 10.6 Å². The molecule has 2 N–H and O–H groups in total. The quantitative estimate of drug-likeness (QED) is 0.842. The Labute approximate surface area is 147 Å². The Kier molecular flexibility index (Phi) is 5.43. The summed E-state index contributed by atoms with van der Waals surface area (Å²) in [4.78, 5) is 28.0. The summed E-state index contributed by atoms with van der Waals surface area (Å²) in [6.07, 6.45) is 8.01. The minimum atomic E-state index is -0.631. The Morgan fingerprint density at radius 3 is 2.68 bits per heavy atom. The van der Waals surface area contributed by atoms with Crippen LogP contribution in [0.1, 0.15) is 48.1 Å². The average molecular weight is 337 g/mol. The van der Waals surface area contributed by atoms with Crippen LogP contribution in [0.3, 0.4) is 0 Å². The number of benzene rings is 1. The highest BCUT2D eigenvalue weighted by molar-refractivity contribution is 6.35. The van der Waals surface area contributed by atoms with Crippen LogP contribution in [0.5, 0.6) is 0 Å². The van der Waals surface area contributed by atoms with Crippen molar-refractivity contribution in [2.75, 3.05) is 0 Å². The van der Waals surface area contributed by atoms with Gasteiger partial charge in [0.1, 0.15) is 0 Å². The molecule has 0 spiro atoms. The van der Waals surface area contributed by atoms with Gasteiger partial charge in [0, 0.05) is 18.9 Å². The van der Waals surface area contributed by atoms with Crippen LogP contribution in [0.2, 0.25) is 0 Å². The third kappa shape index (κ3) is 4.44. The highest BCUT2D eigenvalue weighted by atomic mass is 16.2. The first kappa shape index (κ1) is 17.1. The second-order valence-electron chi connectivity index (χ2n) is 6.47. The maximum absolute atomic E-state index is 12.1. The Bertz CT molecular complexity index is 759. The summed E-state index contributed by atoms with van der Waals surface area (Å²) in [5, 5.41) is 5.39. The number of hydrogen-bond acceptors (Lipinski definition) is 3. The predicted octanol–water partition coefficient (Wildman–Crippen LogP) is 2.45. The van der Waals surface area contributed by atoms with Gasteiger partial charge < -0.3 is 10.6 Å². The molecule has 0 aliphatic heterocycles. The number of amides is 2. The Hall–Kier alpha value is -2.69. The van der Waals surface area contributed by atoms with Gasteiger partial charge >= 0.3 is 11.8 Å². The summed E-state index contributed by atoms with van der Waals surface area (Å²) < 4.78 is 0. The van der Waals surface area contributed by atoms with E-state index in [1.54, 1.807) is 18.5 Å². The van der Waals surface area contributed by atoms with Crippen molar-refractivity contribution in [3.63, 3.8) is 0 Å². The number of carbonyl (C=O) groups is 2. The summed E-state index contributed by atoms with van der Waals surface area (Å²) in [5.74, 6) is -1.25. The zero-order valence-electron chi connectivity index (χ0n) is 14.4. The van der Waals surface area contributed by atoms with E-state index in [0.717, 1.165) is 24.0 Å². The van der Waals surface area contributed by atoms with Crippen LogP contribution in [0, 0.1) is 0 Å². The smallest absolute Gasteiger partial charge is 0.309 e. The number of nitrogens with one attached hydrogen (secondary N) is 2. The molecule has 1 atom stereocenters. The molecule has 1 aliphatic carbocycles. The maximum atomic E-state index is 12.1. The topological polar surface area (TPSA) is 71.1 Å². The van der Waals surface area contributed by atoms with Crippen LogP contribution in [0.25, 0.3) is 0 Å². The van der Waals surface area contributed by atoms with Crippen molar-refractivity contribution in [3.05, 3.63) is 65.0 Å². The van der Waals surface area contributed by atoms with E-state index in [0.29, 0.717) is 0 Å². The molecule has 5 heteroatoms. The molecule has 5 nitrogen and oxygen atoms in total. The summed E-state index contributed by atoms with van der Waals surface area (Å²) in [7, 11) is 0. The number of rotatable bonds is 4. The normalized spacial score (nSPS) is 14.3. The molecule has 130 valence electrons. The Morgan fingerprint density at radius 1 is 1.12 bits per heavy atom.